The predicted octanol–water partition coefficient (Wildman–Crippen LogP) is 1.09. The van der Waals surface area contributed by atoms with Crippen LogP contribution in [0.1, 0.15) is 25.5 Å². The van der Waals surface area contributed by atoms with E-state index in [1.807, 2.05) is 17.8 Å². The summed E-state index contributed by atoms with van der Waals surface area (Å²) in [4.78, 5) is 15.4. The van der Waals surface area contributed by atoms with Gasteiger partial charge in [0.05, 0.1) is 24.5 Å². The largest absolute Gasteiger partial charge is 0.465 e. The van der Waals surface area contributed by atoms with E-state index >= 15 is 0 Å². The second kappa shape index (κ2) is 4.07. The first-order valence-electron chi connectivity index (χ1n) is 4.29. The summed E-state index contributed by atoms with van der Waals surface area (Å²) >= 11 is 0. The van der Waals surface area contributed by atoms with Crippen LogP contribution in [-0.2, 0) is 16.6 Å². The fourth-order valence-electron chi connectivity index (χ4n) is 1.04. The highest BCUT2D eigenvalue weighted by Gasteiger charge is 2.18. The van der Waals surface area contributed by atoms with Crippen LogP contribution in [-0.4, -0.2) is 22.1 Å². The van der Waals surface area contributed by atoms with Crippen LogP contribution >= 0.6 is 0 Å². The highest BCUT2D eigenvalue weighted by atomic mass is 16.5. The molecule has 0 N–H and O–H groups in total. The van der Waals surface area contributed by atoms with E-state index in [1.165, 1.54) is 0 Å². The zero-order valence-electron chi connectivity index (χ0n) is 8.15. The molecule has 0 bridgehead atoms. The molecule has 0 spiro atoms. The average Bonchev–Trinajstić information content (AvgIpc) is 2.51. The predicted molar refractivity (Wildman–Crippen MR) is 48.3 cm³/mol. The molecule has 0 aliphatic heterocycles. The number of hydrogen-bond donors (Lipinski definition) is 0. The first-order valence-corrected chi connectivity index (χ1v) is 4.29. The summed E-state index contributed by atoms with van der Waals surface area (Å²) in [6.07, 6.45) is 3.49. The van der Waals surface area contributed by atoms with E-state index in [1.54, 1.807) is 20.2 Å². The van der Waals surface area contributed by atoms with Gasteiger partial charge in [-0.1, -0.05) is 0 Å². The van der Waals surface area contributed by atoms with Crippen LogP contribution in [0.2, 0.25) is 0 Å². The summed E-state index contributed by atoms with van der Waals surface area (Å²) in [7, 11) is 1.87. The monoisotopic (exact) mass is 182 g/mol. The fraction of sp³-hybridized carbons (Fsp3) is 0.556. The lowest BCUT2D eigenvalue weighted by Crippen LogP contribution is -2.13. The Morgan fingerprint density at radius 3 is 2.92 bits per heavy atom. The van der Waals surface area contributed by atoms with Crippen molar-refractivity contribution < 1.29 is 9.53 Å². The van der Waals surface area contributed by atoms with Crippen molar-refractivity contribution in [1.29, 1.82) is 0 Å². The van der Waals surface area contributed by atoms with E-state index in [4.69, 9.17) is 4.74 Å². The van der Waals surface area contributed by atoms with Crippen LogP contribution in [0.4, 0.5) is 0 Å². The molecule has 72 valence electrons. The van der Waals surface area contributed by atoms with E-state index in [2.05, 4.69) is 4.98 Å². The summed E-state index contributed by atoms with van der Waals surface area (Å²) in [5.41, 5.74) is 0.751. The molecule has 0 radical (unpaired) electrons. The minimum atomic E-state index is -0.277. The van der Waals surface area contributed by atoms with Crippen molar-refractivity contribution in [2.45, 2.75) is 19.8 Å². The Labute approximate surface area is 77.5 Å². The maximum Gasteiger partial charge on any atom is 0.314 e. The second-order valence-corrected chi connectivity index (χ2v) is 2.94. The summed E-state index contributed by atoms with van der Waals surface area (Å²) < 4.78 is 6.69. The number of rotatable bonds is 3. The standard InChI is InChI=1S/C9H14N2O2/c1-4-13-9(12)7(2)8-5-11(3)6-10-8/h5-7H,4H2,1-3H3. The molecule has 0 amide bonds. The molecule has 0 aliphatic carbocycles. The molecule has 1 atom stereocenters. The van der Waals surface area contributed by atoms with Gasteiger partial charge in [-0.15, -0.1) is 0 Å². The second-order valence-electron chi connectivity index (χ2n) is 2.94. The Morgan fingerprint density at radius 1 is 1.77 bits per heavy atom. The number of aryl methyl sites for hydroxylation is 1. The van der Waals surface area contributed by atoms with Crippen molar-refractivity contribution in [2.24, 2.45) is 7.05 Å². The molecule has 0 saturated heterocycles. The third-order valence-electron chi connectivity index (χ3n) is 1.81. The Balaban J connectivity index is 2.67. The molecule has 0 fully saturated rings. The molecule has 4 nitrogen and oxygen atoms in total. The fourth-order valence-corrected chi connectivity index (χ4v) is 1.04. The SMILES string of the molecule is CCOC(=O)C(C)c1cn(C)cn1. The van der Waals surface area contributed by atoms with Gasteiger partial charge in [0.15, 0.2) is 0 Å². The molecular weight excluding hydrogens is 168 g/mol. The molecule has 13 heavy (non-hydrogen) atoms. The van der Waals surface area contributed by atoms with Gasteiger partial charge in [0.2, 0.25) is 0 Å². The third-order valence-corrected chi connectivity index (χ3v) is 1.81. The van der Waals surface area contributed by atoms with E-state index in [0.29, 0.717) is 6.61 Å². The van der Waals surface area contributed by atoms with Crippen LogP contribution in [0.15, 0.2) is 12.5 Å². The maximum absolute atomic E-state index is 11.3. The Kier molecular flexibility index (Phi) is 3.06. The third kappa shape index (κ3) is 2.31. The van der Waals surface area contributed by atoms with Crippen LogP contribution in [0.5, 0.6) is 0 Å². The molecule has 0 aromatic carbocycles. The minimum Gasteiger partial charge on any atom is -0.465 e. The first-order chi connectivity index (χ1) is 6.15. The van der Waals surface area contributed by atoms with Gasteiger partial charge in [0, 0.05) is 13.2 Å². The number of aromatic nitrogens is 2. The minimum absolute atomic E-state index is 0.221. The maximum atomic E-state index is 11.3. The van der Waals surface area contributed by atoms with Gasteiger partial charge in [0.25, 0.3) is 0 Å². The Morgan fingerprint density at radius 2 is 2.46 bits per heavy atom. The number of hydrogen-bond acceptors (Lipinski definition) is 3. The van der Waals surface area contributed by atoms with Crippen LogP contribution < -0.4 is 0 Å². The molecule has 0 aliphatic rings. The average molecular weight is 182 g/mol. The quantitative estimate of drug-likeness (QED) is 0.657. The summed E-state index contributed by atoms with van der Waals surface area (Å²) in [5, 5.41) is 0. The highest BCUT2D eigenvalue weighted by molar-refractivity contribution is 5.76. The van der Waals surface area contributed by atoms with Crippen molar-refractivity contribution in [1.82, 2.24) is 9.55 Å². The van der Waals surface area contributed by atoms with Crippen molar-refractivity contribution in [3.63, 3.8) is 0 Å². The number of imidazole rings is 1. The summed E-state index contributed by atoms with van der Waals surface area (Å²) in [6.45, 7) is 4.00. The van der Waals surface area contributed by atoms with Gasteiger partial charge in [-0.3, -0.25) is 4.79 Å². The number of esters is 1. The van der Waals surface area contributed by atoms with E-state index in [9.17, 15) is 4.79 Å². The first kappa shape index (κ1) is 9.77. The zero-order chi connectivity index (χ0) is 9.84. The van der Waals surface area contributed by atoms with Crippen molar-refractivity contribution in [3.8, 4) is 0 Å². The normalized spacial score (nSPS) is 12.5. The van der Waals surface area contributed by atoms with E-state index in [0.717, 1.165) is 5.69 Å². The van der Waals surface area contributed by atoms with Crippen LogP contribution in [0.25, 0.3) is 0 Å². The summed E-state index contributed by atoms with van der Waals surface area (Å²) in [6, 6.07) is 0. The number of carbonyl (C=O) groups is 1. The van der Waals surface area contributed by atoms with Crippen LogP contribution in [0, 0.1) is 0 Å². The van der Waals surface area contributed by atoms with Gasteiger partial charge in [-0.25, -0.2) is 4.98 Å². The van der Waals surface area contributed by atoms with Crippen molar-refractivity contribution in [3.05, 3.63) is 18.2 Å². The molecule has 1 aromatic heterocycles. The van der Waals surface area contributed by atoms with Gasteiger partial charge < -0.3 is 9.30 Å². The lowest BCUT2D eigenvalue weighted by molar-refractivity contribution is -0.144. The lowest BCUT2D eigenvalue weighted by atomic mass is 10.1. The molecule has 4 heteroatoms. The van der Waals surface area contributed by atoms with Gasteiger partial charge in [0.1, 0.15) is 0 Å². The van der Waals surface area contributed by atoms with Crippen molar-refractivity contribution >= 4 is 5.97 Å². The topological polar surface area (TPSA) is 44.1 Å². The summed E-state index contributed by atoms with van der Waals surface area (Å²) in [5.74, 6) is -0.498. The molecule has 0 saturated carbocycles. The van der Waals surface area contributed by atoms with E-state index < -0.39 is 0 Å². The molecule has 1 aromatic rings. The Hall–Kier alpha value is -1.32. The molecule has 1 rings (SSSR count). The molecule has 1 unspecified atom stereocenters. The highest BCUT2D eigenvalue weighted by Crippen LogP contribution is 2.13. The smallest absolute Gasteiger partial charge is 0.314 e. The number of ether oxygens (including phenoxy) is 1. The van der Waals surface area contributed by atoms with Crippen LogP contribution in [0.3, 0.4) is 0 Å². The molecule has 1 heterocycles. The Bertz CT molecular complexity index is 294. The van der Waals surface area contributed by atoms with Gasteiger partial charge >= 0.3 is 5.97 Å². The van der Waals surface area contributed by atoms with Gasteiger partial charge in [-0.05, 0) is 13.8 Å². The molecular formula is C9H14N2O2. The van der Waals surface area contributed by atoms with Crippen molar-refractivity contribution in [2.75, 3.05) is 6.61 Å². The number of nitrogens with zero attached hydrogens (tertiary/aromatic N) is 2. The lowest BCUT2D eigenvalue weighted by Gasteiger charge is -2.06. The number of carbonyl (C=O) groups excluding carboxylic acids is 1. The van der Waals surface area contributed by atoms with Gasteiger partial charge in [-0.2, -0.15) is 0 Å². The zero-order valence-corrected chi connectivity index (χ0v) is 8.15. The van der Waals surface area contributed by atoms with E-state index in [-0.39, 0.29) is 11.9 Å².